The number of aromatic nitrogens is 2. The molecule has 0 aliphatic rings. The number of nitrogens with zero attached hydrogens (tertiary/aromatic N) is 1. The van der Waals surface area contributed by atoms with Crippen molar-refractivity contribution >= 4 is 11.3 Å². The Balaban J connectivity index is 2.10. The average Bonchev–Trinajstić information content (AvgIpc) is 3.00. The molecule has 2 aromatic heterocycles. The fourth-order valence-corrected chi connectivity index (χ4v) is 2.46. The SMILES string of the molecule is Fc1ccc(-c2nc[nH]c2-c2cccs2)cc1. The third-order valence-corrected chi connectivity index (χ3v) is 3.41. The molecule has 0 aliphatic heterocycles. The number of aromatic amines is 1. The molecule has 17 heavy (non-hydrogen) atoms. The summed E-state index contributed by atoms with van der Waals surface area (Å²) < 4.78 is 12.9. The zero-order valence-corrected chi connectivity index (χ0v) is 9.67. The first-order chi connectivity index (χ1) is 8.34. The van der Waals surface area contributed by atoms with Crippen LogP contribution in [0.15, 0.2) is 48.1 Å². The van der Waals surface area contributed by atoms with Crippen LogP contribution in [-0.4, -0.2) is 9.97 Å². The standard InChI is InChI=1S/C13H9FN2S/c14-10-5-3-9(4-6-10)12-13(16-8-15-12)11-2-1-7-17-11/h1-8H,(H,15,16). The van der Waals surface area contributed by atoms with E-state index in [1.807, 2.05) is 17.5 Å². The van der Waals surface area contributed by atoms with Gasteiger partial charge in [-0.15, -0.1) is 11.3 Å². The van der Waals surface area contributed by atoms with E-state index in [0.717, 1.165) is 21.8 Å². The van der Waals surface area contributed by atoms with Gasteiger partial charge >= 0.3 is 0 Å². The summed E-state index contributed by atoms with van der Waals surface area (Å²) in [6.07, 6.45) is 1.66. The molecular formula is C13H9FN2S. The second kappa shape index (κ2) is 4.14. The fraction of sp³-hybridized carbons (Fsp3) is 0. The first kappa shape index (κ1) is 10.2. The number of hydrogen-bond acceptors (Lipinski definition) is 2. The topological polar surface area (TPSA) is 28.7 Å². The highest BCUT2D eigenvalue weighted by Crippen LogP contribution is 2.31. The molecule has 3 aromatic rings. The first-order valence-corrected chi connectivity index (χ1v) is 6.06. The maximum absolute atomic E-state index is 12.9. The third-order valence-electron chi connectivity index (χ3n) is 2.52. The number of thiophene rings is 1. The monoisotopic (exact) mass is 244 g/mol. The summed E-state index contributed by atoms with van der Waals surface area (Å²) in [6.45, 7) is 0. The van der Waals surface area contributed by atoms with Gasteiger partial charge in [-0.3, -0.25) is 0 Å². The van der Waals surface area contributed by atoms with E-state index in [0.29, 0.717) is 0 Å². The number of imidazole rings is 1. The summed E-state index contributed by atoms with van der Waals surface area (Å²) in [5.74, 6) is -0.234. The van der Waals surface area contributed by atoms with Crippen LogP contribution in [0.1, 0.15) is 0 Å². The fourth-order valence-electron chi connectivity index (χ4n) is 1.73. The zero-order valence-electron chi connectivity index (χ0n) is 8.85. The molecule has 0 spiro atoms. The second-order valence-electron chi connectivity index (χ2n) is 3.61. The van der Waals surface area contributed by atoms with Gasteiger partial charge in [0, 0.05) is 5.56 Å². The van der Waals surface area contributed by atoms with Gasteiger partial charge in [0.05, 0.1) is 22.6 Å². The minimum absolute atomic E-state index is 0.234. The predicted octanol–water partition coefficient (Wildman–Crippen LogP) is 3.94. The molecule has 0 amide bonds. The molecule has 0 saturated heterocycles. The zero-order chi connectivity index (χ0) is 11.7. The van der Waals surface area contributed by atoms with Gasteiger partial charge in [0.1, 0.15) is 5.82 Å². The van der Waals surface area contributed by atoms with Crippen LogP contribution in [0.2, 0.25) is 0 Å². The highest BCUT2D eigenvalue weighted by Gasteiger charge is 2.10. The summed E-state index contributed by atoms with van der Waals surface area (Å²) in [5, 5.41) is 2.02. The van der Waals surface area contributed by atoms with Crippen LogP contribution < -0.4 is 0 Å². The summed E-state index contributed by atoms with van der Waals surface area (Å²) in [5.41, 5.74) is 2.75. The maximum atomic E-state index is 12.9. The number of rotatable bonds is 2. The van der Waals surface area contributed by atoms with Crippen molar-refractivity contribution in [1.82, 2.24) is 9.97 Å². The molecule has 0 fully saturated rings. The molecule has 1 aromatic carbocycles. The molecule has 0 aliphatic carbocycles. The van der Waals surface area contributed by atoms with Crippen LogP contribution >= 0.6 is 11.3 Å². The lowest BCUT2D eigenvalue weighted by molar-refractivity contribution is 0.628. The second-order valence-corrected chi connectivity index (χ2v) is 4.56. The van der Waals surface area contributed by atoms with Crippen LogP contribution in [0.25, 0.3) is 21.8 Å². The van der Waals surface area contributed by atoms with Crippen molar-refractivity contribution in [3.63, 3.8) is 0 Å². The molecule has 84 valence electrons. The van der Waals surface area contributed by atoms with Crippen molar-refractivity contribution in [2.45, 2.75) is 0 Å². The van der Waals surface area contributed by atoms with E-state index in [1.54, 1.807) is 29.8 Å². The quantitative estimate of drug-likeness (QED) is 0.726. The Morgan fingerprint density at radius 1 is 1.12 bits per heavy atom. The van der Waals surface area contributed by atoms with Crippen LogP contribution in [0, 0.1) is 5.82 Å². The van der Waals surface area contributed by atoms with Crippen molar-refractivity contribution in [3.8, 4) is 21.8 Å². The lowest BCUT2D eigenvalue weighted by atomic mass is 10.1. The summed E-state index contributed by atoms with van der Waals surface area (Å²) >= 11 is 1.65. The van der Waals surface area contributed by atoms with Gasteiger partial charge in [-0.1, -0.05) is 6.07 Å². The largest absolute Gasteiger partial charge is 0.343 e. The molecule has 1 N–H and O–H groups in total. The first-order valence-electron chi connectivity index (χ1n) is 5.18. The highest BCUT2D eigenvalue weighted by molar-refractivity contribution is 7.13. The van der Waals surface area contributed by atoms with E-state index >= 15 is 0 Å². The molecule has 0 bridgehead atoms. The summed E-state index contributed by atoms with van der Waals surface area (Å²) in [7, 11) is 0. The van der Waals surface area contributed by atoms with Gasteiger partial charge in [-0.25, -0.2) is 9.37 Å². The Bertz CT molecular complexity index is 611. The molecular weight excluding hydrogens is 235 g/mol. The number of benzene rings is 1. The minimum Gasteiger partial charge on any atom is -0.343 e. The van der Waals surface area contributed by atoms with E-state index in [1.165, 1.54) is 12.1 Å². The van der Waals surface area contributed by atoms with E-state index in [4.69, 9.17) is 0 Å². The van der Waals surface area contributed by atoms with E-state index in [-0.39, 0.29) is 5.82 Å². The lowest BCUT2D eigenvalue weighted by Crippen LogP contribution is -1.82. The van der Waals surface area contributed by atoms with Crippen LogP contribution in [0.3, 0.4) is 0 Å². The number of hydrogen-bond donors (Lipinski definition) is 1. The van der Waals surface area contributed by atoms with Gasteiger partial charge in [0.25, 0.3) is 0 Å². The van der Waals surface area contributed by atoms with Crippen molar-refractivity contribution < 1.29 is 4.39 Å². The lowest BCUT2D eigenvalue weighted by Gasteiger charge is -2.00. The molecule has 0 radical (unpaired) electrons. The van der Waals surface area contributed by atoms with Crippen molar-refractivity contribution in [1.29, 1.82) is 0 Å². The Labute approximate surface area is 102 Å². The van der Waals surface area contributed by atoms with Crippen molar-refractivity contribution in [3.05, 3.63) is 53.9 Å². The Kier molecular flexibility index (Phi) is 2.49. The number of H-pyrrole nitrogens is 1. The maximum Gasteiger partial charge on any atom is 0.123 e. The summed E-state index contributed by atoms with van der Waals surface area (Å²) in [4.78, 5) is 8.55. The van der Waals surface area contributed by atoms with Gasteiger partial charge in [-0.2, -0.15) is 0 Å². The Morgan fingerprint density at radius 3 is 2.65 bits per heavy atom. The Morgan fingerprint density at radius 2 is 1.94 bits per heavy atom. The van der Waals surface area contributed by atoms with Crippen LogP contribution in [0.4, 0.5) is 4.39 Å². The third kappa shape index (κ3) is 1.87. The molecule has 2 nitrogen and oxygen atoms in total. The average molecular weight is 244 g/mol. The van der Waals surface area contributed by atoms with Crippen LogP contribution in [-0.2, 0) is 0 Å². The van der Waals surface area contributed by atoms with Gasteiger partial charge < -0.3 is 4.98 Å². The number of nitrogens with one attached hydrogen (secondary N) is 1. The predicted molar refractivity (Wildman–Crippen MR) is 67.3 cm³/mol. The van der Waals surface area contributed by atoms with E-state index < -0.39 is 0 Å². The highest BCUT2D eigenvalue weighted by atomic mass is 32.1. The molecule has 3 rings (SSSR count). The van der Waals surface area contributed by atoms with E-state index in [9.17, 15) is 4.39 Å². The molecule has 0 unspecified atom stereocenters. The minimum atomic E-state index is -0.234. The normalized spacial score (nSPS) is 10.6. The summed E-state index contributed by atoms with van der Waals surface area (Å²) in [6, 6.07) is 10.4. The Hall–Kier alpha value is -1.94. The van der Waals surface area contributed by atoms with Gasteiger partial charge in [0.15, 0.2) is 0 Å². The van der Waals surface area contributed by atoms with E-state index in [2.05, 4.69) is 9.97 Å². The molecule has 0 saturated carbocycles. The van der Waals surface area contributed by atoms with Crippen molar-refractivity contribution in [2.24, 2.45) is 0 Å². The molecule has 0 atom stereocenters. The molecule has 4 heteroatoms. The van der Waals surface area contributed by atoms with Crippen molar-refractivity contribution in [2.75, 3.05) is 0 Å². The number of halogens is 1. The van der Waals surface area contributed by atoms with Gasteiger partial charge in [0.2, 0.25) is 0 Å². The van der Waals surface area contributed by atoms with Gasteiger partial charge in [-0.05, 0) is 35.7 Å². The smallest absolute Gasteiger partial charge is 0.123 e. The van der Waals surface area contributed by atoms with Crippen LogP contribution in [0.5, 0.6) is 0 Å². The molecule has 2 heterocycles.